The fraction of sp³-hybridized carbons (Fsp3) is 0.391. The third-order valence-electron chi connectivity index (χ3n) is 5.17. The molecular weight excluding hydrogens is 446 g/mol. The summed E-state index contributed by atoms with van der Waals surface area (Å²) in [4.78, 5) is 37.1. The summed E-state index contributed by atoms with van der Waals surface area (Å²) in [6.07, 6.45) is 5.31. The molecule has 1 aromatic carbocycles. The van der Waals surface area contributed by atoms with Gasteiger partial charge in [0.1, 0.15) is 5.00 Å². The van der Waals surface area contributed by atoms with Gasteiger partial charge in [-0.2, -0.15) is 0 Å². The van der Waals surface area contributed by atoms with Gasteiger partial charge in [0, 0.05) is 11.3 Å². The molecule has 32 heavy (non-hydrogen) atoms. The molecule has 0 spiro atoms. The third-order valence-corrected chi connectivity index (χ3v) is 6.58. The Hall–Kier alpha value is -2.78. The Labute approximate surface area is 196 Å². The van der Waals surface area contributed by atoms with Gasteiger partial charge in [0.2, 0.25) is 5.91 Å². The number of ether oxygens (including phenoxy) is 1. The maximum atomic E-state index is 12.1. The number of benzene rings is 1. The summed E-state index contributed by atoms with van der Waals surface area (Å²) in [5.74, 6) is -1.32. The van der Waals surface area contributed by atoms with E-state index in [1.165, 1.54) is 16.9 Å². The van der Waals surface area contributed by atoms with Crippen LogP contribution in [0.5, 0.6) is 0 Å². The quantitative estimate of drug-likeness (QED) is 0.292. The molecule has 0 aliphatic heterocycles. The summed E-state index contributed by atoms with van der Waals surface area (Å²) < 4.78 is 5.19. The first-order valence-corrected chi connectivity index (χ1v) is 11.9. The van der Waals surface area contributed by atoms with Crippen LogP contribution in [0.25, 0.3) is 0 Å². The van der Waals surface area contributed by atoms with E-state index in [2.05, 4.69) is 10.6 Å². The highest BCUT2D eigenvalue weighted by Gasteiger charge is 2.24. The highest BCUT2D eigenvalue weighted by atomic mass is 32.1. The average molecular weight is 474 g/mol. The Morgan fingerprint density at radius 1 is 1.09 bits per heavy atom. The Morgan fingerprint density at radius 3 is 2.59 bits per heavy atom. The van der Waals surface area contributed by atoms with Crippen molar-refractivity contribution in [3.8, 4) is 0 Å². The molecule has 1 aromatic heterocycles. The molecule has 2 aromatic rings. The van der Waals surface area contributed by atoms with E-state index in [1.807, 2.05) is 30.3 Å². The van der Waals surface area contributed by atoms with Gasteiger partial charge in [-0.25, -0.2) is 0 Å². The molecule has 0 radical (unpaired) electrons. The van der Waals surface area contributed by atoms with Gasteiger partial charge in [0.25, 0.3) is 5.91 Å². The summed E-state index contributed by atoms with van der Waals surface area (Å²) >= 11 is 6.66. The lowest BCUT2D eigenvalue weighted by atomic mass is 9.95. The zero-order chi connectivity index (χ0) is 22.9. The zero-order valence-corrected chi connectivity index (χ0v) is 19.4. The predicted molar refractivity (Wildman–Crippen MR) is 129 cm³/mol. The van der Waals surface area contributed by atoms with Crippen molar-refractivity contribution in [2.24, 2.45) is 5.73 Å². The fourth-order valence-corrected chi connectivity index (χ4v) is 5.21. The van der Waals surface area contributed by atoms with Gasteiger partial charge in [-0.3, -0.25) is 14.4 Å². The second-order valence-electron chi connectivity index (χ2n) is 7.59. The number of amides is 2. The number of esters is 1. The van der Waals surface area contributed by atoms with Crippen molar-refractivity contribution in [3.05, 3.63) is 51.9 Å². The number of hydrogen-bond donors (Lipinski definition) is 3. The second-order valence-corrected chi connectivity index (χ2v) is 9.10. The highest BCUT2D eigenvalue weighted by molar-refractivity contribution is 7.80. The largest absolute Gasteiger partial charge is 0.466 e. The normalized spacial score (nSPS) is 12.5. The average Bonchev–Trinajstić information content (AvgIpc) is 3.13. The van der Waals surface area contributed by atoms with Gasteiger partial charge >= 0.3 is 5.97 Å². The van der Waals surface area contributed by atoms with Gasteiger partial charge < -0.3 is 21.1 Å². The molecule has 0 fully saturated rings. The van der Waals surface area contributed by atoms with E-state index in [0.717, 1.165) is 49.0 Å². The van der Waals surface area contributed by atoms with E-state index in [9.17, 15) is 14.4 Å². The van der Waals surface area contributed by atoms with Gasteiger partial charge in [-0.05, 0) is 61.9 Å². The van der Waals surface area contributed by atoms with Crippen molar-refractivity contribution in [2.45, 2.75) is 51.4 Å². The molecule has 3 rings (SSSR count). The summed E-state index contributed by atoms with van der Waals surface area (Å²) in [6.45, 7) is 0.314. The number of primary amides is 1. The van der Waals surface area contributed by atoms with Crippen LogP contribution in [0.2, 0.25) is 0 Å². The number of aryl methyl sites for hydroxylation is 2. The number of nitrogens with one attached hydrogen (secondary N) is 2. The van der Waals surface area contributed by atoms with Crippen LogP contribution >= 0.6 is 23.6 Å². The fourth-order valence-electron chi connectivity index (χ4n) is 3.63. The van der Waals surface area contributed by atoms with Gasteiger partial charge in [-0.1, -0.05) is 30.3 Å². The van der Waals surface area contributed by atoms with Gasteiger partial charge in [0.15, 0.2) is 5.11 Å². The molecule has 1 aliphatic rings. The minimum Gasteiger partial charge on any atom is -0.466 e. The number of anilines is 1. The standard InChI is InChI=1S/C23H27N3O4S2/c24-21(29)20-16-10-4-5-11-17(16)32-22(20)26-23(31)25-18(27)12-13-19(28)30-14-6-9-15-7-2-1-3-8-15/h1-3,7-8H,4-6,9-14H2,(H2,24,29)(H2,25,26,27,31). The molecule has 2 amide bonds. The molecule has 1 aliphatic carbocycles. The van der Waals surface area contributed by atoms with Crippen LogP contribution in [0.3, 0.4) is 0 Å². The minimum absolute atomic E-state index is 0.0282. The lowest BCUT2D eigenvalue weighted by molar-refractivity contribution is -0.145. The Balaban J connectivity index is 1.38. The molecule has 0 atom stereocenters. The van der Waals surface area contributed by atoms with Gasteiger partial charge in [-0.15, -0.1) is 11.3 Å². The summed E-state index contributed by atoms with van der Waals surface area (Å²) in [6, 6.07) is 9.96. The summed E-state index contributed by atoms with van der Waals surface area (Å²) in [5.41, 5.74) is 8.20. The molecule has 0 saturated heterocycles. The van der Waals surface area contributed by atoms with E-state index in [0.29, 0.717) is 17.2 Å². The van der Waals surface area contributed by atoms with E-state index in [1.54, 1.807) is 0 Å². The molecule has 0 saturated carbocycles. The first kappa shape index (κ1) is 23.9. The number of thiocarbonyl (C=S) groups is 1. The van der Waals surface area contributed by atoms with Crippen molar-refractivity contribution in [3.63, 3.8) is 0 Å². The van der Waals surface area contributed by atoms with Crippen molar-refractivity contribution >= 4 is 51.5 Å². The topological polar surface area (TPSA) is 111 Å². The lowest BCUT2D eigenvalue weighted by Crippen LogP contribution is -2.34. The van der Waals surface area contributed by atoms with E-state index in [4.69, 9.17) is 22.7 Å². The number of carbonyl (C=O) groups is 3. The number of hydrogen-bond acceptors (Lipinski definition) is 6. The lowest BCUT2D eigenvalue weighted by Gasteiger charge is -2.11. The summed E-state index contributed by atoms with van der Waals surface area (Å²) in [5, 5.41) is 6.11. The smallest absolute Gasteiger partial charge is 0.306 e. The van der Waals surface area contributed by atoms with Crippen LogP contribution in [-0.4, -0.2) is 29.5 Å². The van der Waals surface area contributed by atoms with Crippen LogP contribution in [0.1, 0.15) is 58.5 Å². The number of nitrogens with two attached hydrogens (primary N) is 1. The Bertz CT molecular complexity index is 989. The van der Waals surface area contributed by atoms with Crippen LogP contribution < -0.4 is 16.4 Å². The Kier molecular flexibility index (Phi) is 8.75. The van der Waals surface area contributed by atoms with Crippen molar-refractivity contribution < 1.29 is 19.1 Å². The molecule has 1 heterocycles. The van der Waals surface area contributed by atoms with Crippen molar-refractivity contribution in [2.75, 3.05) is 11.9 Å². The zero-order valence-electron chi connectivity index (χ0n) is 17.8. The number of carbonyl (C=O) groups excluding carboxylic acids is 3. The Morgan fingerprint density at radius 2 is 1.84 bits per heavy atom. The SMILES string of the molecule is NC(=O)c1c(NC(=S)NC(=O)CCC(=O)OCCCc2ccccc2)sc2c1CCCC2. The van der Waals surface area contributed by atoms with E-state index in [-0.39, 0.29) is 18.0 Å². The molecule has 0 bridgehead atoms. The number of fused-ring (bicyclic) bond motifs is 1. The highest BCUT2D eigenvalue weighted by Crippen LogP contribution is 2.37. The molecule has 0 unspecified atom stereocenters. The first-order valence-electron chi connectivity index (χ1n) is 10.7. The molecule has 170 valence electrons. The third kappa shape index (κ3) is 6.86. The molecule has 4 N–H and O–H groups in total. The van der Waals surface area contributed by atoms with Crippen molar-refractivity contribution in [1.29, 1.82) is 0 Å². The maximum Gasteiger partial charge on any atom is 0.306 e. The predicted octanol–water partition coefficient (Wildman–Crippen LogP) is 3.50. The first-order chi connectivity index (χ1) is 15.4. The second kappa shape index (κ2) is 11.7. The van der Waals surface area contributed by atoms with E-state index < -0.39 is 17.8 Å². The van der Waals surface area contributed by atoms with Crippen LogP contribution in [0.15, 0.2) is 30.3 Å². The maximum absolute atomic E-state index is 12.1. The number of rotatable bonds is 9. The minimum atomic E-state index is -0.504. The van der Waals surface area contributed by atoms with E-state index >= 15 is 0 Å². The van der Waals surface area contributed by atoms with Crippen molar-refractivity contribution in [1.82, 2.24) is 5.32 Å². The monoisotopic (exact) mass is 473 g/mol. The number of thiophene rings is 1. The van der Waals surface area contributed by atoms with Gasteiger partial charge in [0.05, 0.1) is 18.6 Å². The summed E-state index contributed by atoms with van der Waals surface area (Å²) in [7, 11) is 0. The van der Waals surface area contributed by atoms with Crippen LogP contribution in [0.4, 0.5) is 5.00 Å². The molecule has 7 nitrogen and oxygen atoms in total. The molecule has 9 heteroatoms. The van der Waals surface area contributed by atoms with Crippen LogP contribution in [-0.2, 0) is 33.6 Å². The molecular formula is C23H27N3O4S2. The van der Waals surface area contributed by atoms with Crippen LogP contribution in [0, 0.1) is 0 Å².